The molecule has 4 nitrogen and oxygen atoms in total. The molecule has 6 heteroatoms. The zero-order chi connectivity index (χ0) is 18.8. The number of halogens is 2. The Morgan fingerprint density at radius 2 is 1.59 bits per heavy atom. The maximum absolute atomic E-state index is 13.2. The first-order chi connectivity index (χ1) is 13.1. The molecule has 2 heterocycles. The standard InChI is InChI=1S/C21H13Br2N3O/c22-15-5-7-16(8-6-15)26-20(17-3-1-2-4-18(17)23)25-19(21(26)27)13-14-9-11-24-12-10-14/h1-13H/b19-13+. The second kappa shape index (κ2) is 7.58. The molecule has 0 atom stereocenters. The van der Waals surface area contributed by atoms with Crippen molar-refractivity contribution in [3.05, 3.63) is 98.8 Å². The number of aliphatic imine (C=N–C) groups is 1. The number of pyridine rings is 1. The van der Waals surface area contributed by atoms with Crippen molar-refractivity contribution >= 4 is 55.4 Å². The molecule has 1 aromatic heterocycles. The molecule has 0 spiro atoms. The molecule has 0 fully saturated rings. The van der Waals surface area contributed by atoms with Crippen LogP contribution in [-0.2, 0) is 4.79 Å². The molecule has 0 radical (unpaired) electrons. The normalized spacial score (nSPS) is 15.3. The number of hydrogen-bond acceptors (Lipinski definition) is 3. The summed E-state index contributed by atoms with van der Waals surface area (Å²) >= 11 is 7.01. The number of benzene rings is 2. The van der Waals surface area contributed by atoms with Gasteiger partial charge in [-0.3, -0.25) is 14.7 Å². The minimum absolute atomic E-state index is 0.167. The molecule has 4 rings (SSSR count). The van der Waals surface area contributed by atoms with E-state index in [-0.39, 0.29) is 5.91 Å². The maximum Gasteiger partial charge on any atom is 0.282 e. The molecule has 0 bridgehead atoms. The van der Waals surface area contributed by atoms with E-state index in [2.05, 4.69) is 41.8 Å². The predicted molar refractivity (Wildman–Crippen MR) is 115 cm³/mol. The summed E-state index contributed by atoms with van der Waals surface area (Å²) in [6.45, 7) is 0. The monoisotopic (exact) mass is 481 g/mol. The molecule has 1 aliphatic heterocycles. The predicted octanol–water partition coefficient (Wildman–Crippen LogP) is 5.44. The summed E-state index contributed by atoms with van der Waals surface area (Å²) in [5.41, 5.74) is 2.87. The SMILES string of the molecule is O=C1/C(=C\c2ccncc2)N=C(c2ccccc2Br)N1c1ccc(Br)cc1. The Kier molecular flexibility index (Phi) is 5.01. The molecule has 0 unspecified atom stereocenters. The summed E-state index contributed by atoms with van der Waals surface area (Å²) in [6, 6.07) is 19.0. The Labute approximate surface area is 173 Å². The van der Waals surface area contributed by atoms with Crippen LogP contribution in [0.4, 0.5) is 5.69 Å². The van der Waals surface area contributed by atoms with Crippen LogP contribution in [-0.4, -0.2) is 16.7 Å². The highest BCUT2D eigenvalue weighted by Gasteiger charge is 2.33. The van der Waals surface area contributed by atoms with E-state index < -0.39 is 0 Å². The maximum atomic E-state index is 13.2. The average Bonchev–Trinajstić information content (AvgIpc) is 3.00. The number of amidine groups is 1. The van der Waals surface area contributed by atoms with Gasteiger partial charge in [0.1, 0.15) is 11.5 Å². The van der Waals surface area contributed by atoms with Crippen molar-refractivity contribution in [1.82, 2.24) is 4.98 Å². The van der Waals surface area contributed by atoms with Gasteiger partial charge in [-0.1, -0.05) is 50.1 Å². The lowest BCUT2D eigenvalue weighted by molar-refractivity contribution is -0.113. The van der Waals surface area contributed by atoms with Gasteiger partial charge in [-0.15, -0.1) is 0 Å². The van der Waals surface area contributed by atoms with Crippen LogP contribution in [0.5, 0.6) is 0 Å². The third-order valence-corrected chi connectivity index (χ3v) is 5.29. The second-order valence-electron chi connectivity index (χ2n) is 5.84. The lowest BCUT2D eigenvalue weighted by atomic mass is 10.1. The minimum atomic E-state index is -0.167. The number of carbonyl (C=O) groups is 1. The molecule has 1 amide bonds. The van der Waals surface area contributed by atoms with Crippen LogP contribution in [0.25, 0.3) is 6.08 Å². The van der Waals surface area contributed by atoms with E-state index in [1.165, 1.54) is 0 Å². The van der Waals surface area contributed by atoms with Gasteiger partial charge < -0.3 is 0 Å². The van der Waals surface area contributed by atoms with Crippen molar-refractivity contribution in [3.63, 3.8) is 0 Å². The lowest BCUT2D eigenvalue weighted by Gasteiger charge is -2.19. The van der Waals surface area contributed by atoms with E-state index in [1.54, 1.807) is 23.4 Å². The molecule has 0 N–H and O–H groups in total. The van der Waals surface area contributed by atoms with Crippen molar-refractivity contribution < 1.29 is 4.79 Å². The van der Waals surface area contributed by atoms with Crippen molar-refractivity contribution in [2.75, 3.05) is 4.90 Å². The Hall–Kier alpha value is -2.57. The van der Waals surface area contributed by atoms with E-state index in [0.717, 1.165) is 25.8 Å². The molecule has 1 aliphatic rings. The fourth-order valence-corrected chi connectivity index (χ4v) is 3.51. The van der Waals surface area contributed by atoms with Gasteiger partial charge in [-0.25, -0.2) is 4.99 Å². The first-order valence-corrected chi connectivity index (χ1v) is 9.77. The van der Waals surface area contributed by atoms with Gasteiger partial charge in [-0.05, 0) is 54.1 Å². The van der Waals surface area contributed by atoms with Crippen molar-refractivity contribution in [2.24, 2.45) is 4.99 Å². The van der Waals surface area contributed by atoms with Gasteiger partial charge in [0.25, 0.3) is 5.91 Å². The molecule has 2 aromatic carbocycles. The molecule has 132 valence electrons. The molecule has 0 aliphatic carbocycles. The van der Waals surface area contributed by atoms with Crippen LogP contribution >= 0.6 is 31.9 Å². The topological polar surface area (TPSA) is 45.6 Å². The molecular formula is C21H13Br2N3O. The highest BCUT2D eigenvalue weighted by atomic mass is 79.9. The largest absolute Gasteiger partial charge is 0.282 e. The van der Waals surface area contributed by atoms with E-state index >= 15 is 0 Å². The number of rotatable bonds is 3. The molecule has 3 aromatic rings. The van der Waals surface area contributed by atoms with Crippen LogP contribution in [0.2, 0.25) is 0 Å². The van der Waals surface area contributed by atoms with Gasteiger partial charge in [0, 0.05) is 26.9 Å². The Bertz CT molecular complexity index is 1060. The fraction of sp³-hybridized carbons (Fsp3) is 0. The molecule has 0 saturated carbocycles. The van der Waals surface area contributed by atoms with Crippen LogP contribution in [0, 0.1) is 0 Å². The molecule has 0 saturated heterocycles. The quantitative estimate of drug-likeness (QED) is 0.466. The average molecular weight is 483 g/mol. The zero-order valence-corrected chi connectivity index (χ0v) is 17.2. The van der Waals surface area contributed by atoms with Gasteiger partial charge in [0.15, 0.2) is 0 Å². The summed E-state index contributed by atoms with van der Waals surface area (Å²) in [4.78, 5) is 23.5. The van der Waals surface area contributed by atoms with Crippen molar-refractivity contribution in [2.45, 2.75) is 0 Å². The fourth-order valence-electron chi connectivity index (χ4n) is 2.79. The van der Waals surface area contributed by atoms with Crippen molar-refractivity contribution in [3.8, 4) is 0 Å². The minimum Gasteiger partial charge on any atom is -0.266 e. The number of carbonyl (C=O) groups excluding carboxylic acids is 1. The third-order valence-electron chi connectivity index (χ3n) is 4.07. The highest BCUT2D eigenvalue weighted by molar-refractivity contribution is 9.10. The number of amides is 1. The summed E-state index contributed by atoms with van der Waals surface area (Å²) < 4.78 is 1.83. The first-order valence-electron chi connectivity index (χ1n) is 8.19. The van der Waals surface area contributed by atoms with Gasteiger partial charge >= 0.3 is 0 Å². The van der Waals surface area contributed by atoms with E-state index in [9.17, 15) is 4.79 Å². The summed E-state index contributed by atoms with van der Waals surface area (Å²) in [7, 11) is 0. The summed E-state index contributed by atoms with van der Waals surface area (Å²) in [5, 5.41) is 0. The lowest BCUT2D eigenvalue weighted by Crippen LogP contribution is -2.32. The van der Waals surface area contributed by atoms with Crippen LogP contribution in [0.15, 0.2) is 92.7 Å². The third kappa shape index (κ3) is 3.63. The van der Waals surface area contributed by atoms with Gasteiger partial charge in [-0.2, -0.15) is 0 Å². The number of nitrogens with zero attached hydrogens (tertiary/aromatic N) is 3. The number of aromatic nitrogens is 1. The van der Waals surface area contributed by atoms with E-state index in [4.69, 9.17) is 0 Å². The van der Waals surface area contributed by atoms with Crippen LogP contribution in [0.3, 0.4) is 0 Å². The Balaban J connectivity index is 1.85. The summed E-state index contributed by atoms with van der Waals surface area (Å²) in [6.07, 6.45) is 5.16. The van der Waals surface area contributed by atoms with Crippen LogP contribution in [0.1, 0.15) is 11.1 Å². The molecular weight excluding hydrogens is 470 g/mol. The smallest absolute Gasteiger partial charge is 0.266 e. The van der Waals surface area contributed by atoms with Crippen LogP contribution < -0.4 is 4.90 Å². The Morgan fingerprint density at radius 1 is 0.889 bits per heavy atom. The van der Waals surface area contributed by atoms with Crippen molar-refractivity contribution in [1.29, 1.82) is 0 Å². The summed E-state index contributed by atoms with van der Waals surface area (Å²) in [5.74, 6) is 0.426. The van der Waals surface area contributed by atoms with Gasteiger partial charge in [0.05, 0.1) is 5.69 Å². The van der Waals surface area contributed by atoms with Gasteiger partial charge in [0.2, 0.25) is 0 Å². The van der Waals surface area contributed by atoms with E-state index in [0.29, 0.717) is 11.5 Å². The Morgan fingerprint density at radius 3 is 2.30 bits per heavy atom. The molecule has 27 heavy (non-hydrogen) atoms. The zero-order valence-electron chi connectivity index (χ0n) is 14.0. The second-order valence-corrected chi connectivity index (χ2v) is 7.61. The number of hydrogen-bond donors (Lipinski definition) is 0. The van der Waals surface area contributed by atoms with E-state index in [1.807, 2.05) is 60.7 Å². The highest BCUT2D eigenvalue weighted by Crippen LogP contribution is 2.31. The first kappa shape index (κ1) is 17.8. The number of anilines is 1.